The van der Waals surface area contributed by atoms with Crippen LogP contribution in [-0.2, 0) is 9.47 Å². The van der Waals surface area contributed by atoms with Crippen molar-refractivity contribution in [2.24, 2.45) is 0 Å². The van der Waals surface area contributed by atoms with E-state index in [4.69, 9.17) is 9.47 Å². The topological polar surface area (TPSA) is 55.8 Å². The largest absolute Gasteiger partial charge is 0.455 e. The lowest BCUT2D eigenvalue weighted by Gasteiger charge is -2.32. The maximum atomic E-state index is 12.2. The van der Waals surface area contributed by atoms with Gasteiger partial charge in [0.2, 0.25) is 0 Å². The van der Waals surface area contributed by atoms with Gasteiger partial charge < -0.3 is 14.4 Å². The lowest BCUT2D eigenvalue weighted by Crippen LogP contribution is -2.41. The van der Waals surface area contributed by atoms with E-state index in [9.17, 15) is 9.59 Å². The van der Waals surface area contributed by atoms with Crippen molar-refractivity contribution in [3.63, 3.8) is 0 Å². The molecule has 0 bridgehead atoms. The van der Waals surface area contributed by atoms with Gasteiger partial charge in [0.05, 0.1) is 5.56 Å². The van der Waals surface area contributed by atoms with Crippen LogP contribution in [0.1, 0.15) is 49.9 Å². The third kappa shape index (κ3) is 4.71. The first-order valence-electron chi connectivity index (χ1n) is 8.37. The van der Waals surface area contributed by atoms with Crippen LogP contribution in [-0.4, -0.2) is 42.3 Å². The molecule has 2 unspecified atom stereocenters. The van der Waals surface area contributed by atoms with Gasteiger partial charge in [-0.3, -0.25) is 0 Å². The van der Waals surface area contributed by atoms with Crippen LogP contribution in [0.25, 0.3) is 0 Å². The summed E-state index contributed by atoms with van der Waals surface area (Å²) in [5.41, 5.74) is 0.520. The van der Waals surface area contributed by atoms with Crippen molar-refractivity contribution in [2.75, 3.05) is 13.1 Å². The van der Waals surface area contributed by atoms with Crippen LogP contribution in [0.5, 0.6) is 0 Å². The monoisotopic (exact) mass is 319 g/mol. The Kier molecular flexibility index (Phi) is 6.44. The summed E-state index contributed by atoms with van der Waals surface area (Å²) in [6.45, 7) is 5.05. The third-order valence-corrected chi connectivity index (χ3v) is 4.18. The minimum atomic E-state index is -0.365. The normalized spacial score (nSPS) is 20.6. The second-order valence-electron chi connectivity index (χ2n) is 5.69. The molecule has 0 saturated heterocycles. The number of carbonyl (C=O) groups excluding carboxylic acids is 2. The molecule has 23 heavy (non-hydrogen) atoms. The molecule has 1 aliphatic carbocycles. The van der Waals surface area contributed by atoms with E-state index in [1.54, 1.807) is 29.2 Å². The van der Waals surface area contributed by atoms with Crippen molar-refractivity contribution in [3.8, 4) is 0 Å². The van der Waals surface area contributed by atoms with Crippen molar-refractivity contribution in [1.29, 1.82) is 0 Å². The van der Waals surface area contributed by atoms with E-state index in [0.717, 1.165) is 25.7 Å². The number of esters is 1. The first-order valence-corrected chi connectivity index (χ1v) is 8.37. The third-order valence-electron chi connectivity index (χ3n) is 4.18. The minimum absolute atomic E-state index is 0.331. The molecule has 0 N–H and O–H groups in total. The summed E-state index contributed by atoms with van der Waals surface area (Å²) in [6, 6.07) is 8.90. The predicted molar refractivity (Wildman–Crippen MR) is 87.3 cm³/mol. The van der Waals surface area contributed by atoms with Crippen molar-refractivity contribution >= 4 is 12.1 Å². The highest BCUT2D eigenvalue weighted by Gasteiger charge is 2.32. The lowest BCUT2D eigenvalue weighted by atomic mass is 9.94. The second-order valence-corrected chi connectivity index (χ2v) is 5.69. The van der Waals surface area contributed by atoms with Gasteiger partial charge in [0.15, 0.2) is 0 Å². The summed E-state index contributed by atoms with van der Waals surface area (Å²) < 4.78 is 11.2. The van der Waals surface area contributed by atoms with Gasteiger partial charge in [-0.05, 0) is 51.7 Å². The van der Waals surface area contributed by atoms with E-state index in [1.165, 1.54) is 0 Å². The molecule has 0 radical (unpaired) electrons. The van der Waals surface area contributed by atoms with Crippen molar-refractivity contribution in [1.82, 2.24) is 4.90 Å². The fraction of sp³-hybridized carbons (Fsp3) is 0.556. The van der Waals surface area contributed by atoms with Gasteiger partial charge in [-0.1, -0.05) is 18.2 Å². The fourth-order valence-corrected chi connectivity index (χ4v) is 2.80. The molecule has 5 heteroatoms. The Bertz CT molecular complexity index is 513. The predicted octanol–water partition coefficient (Wildman–Crippen LogP) is 3.63. The fourth-order valence-electron chi connectivity index (χ4n) is 2.80. The van der Waals surface area contributed by atoms with Gasteiger partial charge in [0, 0.05) is 13.1 Å². The Morgan fingerprint density at radius 1 is 1.00 bits per heavy atom. The maximum Gasteiger partial charge on any atom is 0.410 e. The second kappa shape index (κ2) is 8.56. The first kappa shape index (κ1) is 17.3. The standard InChI is InChI=1S/C18H25NO4/c1-3-19(4-2)18(21)23-16-13-9-8-12-15(16)22-17(20)14-10-6-5-7-11-14/h5-7,10-11,15-16H,3-4,8-9,12-13H2,1-2H3. The zero-order chi connectivity index (χ0) is 16.7. The van der Waals surface area contributed by atoms with E-state index in [-0.39, 0.29) is 24.3 Å². The zero-order valence-electron chi connectivity index (χ0n) is 13.9. The zero-order valence-corrected chi connectivity index (χ0v) is 13.9. The molecule has 2 rings (SSSR count). The van der Waals surface area contributed by atoms with Gasteiger partial charge in [-0.25, -0.2) is 9.59 Å². The van der Waals surface area contributed by atoms with Crippen LogP contribution in [0.4, 0.5) is 4.79 Å². The number of ether oxygens (including phenoxy) is 2. The number of hydrogen-bond donors (Lipinski definition) is 0. The SMILES string of the molecule is CCN(CC)C(=O)OC1CCCCC1OC(=O)c1ccccc1. The highest BCUT2D eigenvalue weighted by molar-refractivity contribution is 5.89. The number of rotatable bonds is 5. The van der Waals surface area contributed by atoms with E-state index in [2.05, 4.69) is 0 Å². The molecule has 126 valence electrons. The Labute approximate surface area is 137 Å². The van der Waals surface area contributed by atoms with E-state index in [0.29, 0.717) is 18.7 Å². The number of nitrogens with zero attached hydrogens (tertiary/aromatic N) is 1. The highest BCUT2D eigenvalue weighted by Crippen LogP contribution is 2.25. The summed E-state index contributed by atoms with van der Waals surface area (Å²) in [4.78, 5) is 26.0. The van der Waals surface area contributed by atoms with E-state index < -0.39 is 0 Å². The molecule has 1 fully saturated rings. The molecule has 1 saturated carbocycles. The first-order chi connectivity index (χ1) is 11.2. The molecule has 1 aromatic rings. The molecular formula is C18H25NO4. The van der Waals surface area contributed by atoms with Gasteiger partial charge >= 0.3 is 12.1 Å². The highest BCUT2D eigenvalue weighted by atomic mass is 16.6. The van der Waals surface area contributed by atoms with Gasteiger partial charge in [0.25, 0.3) is 0 Å². The quantitative estimate of drug-likeness (QED) is 0.778. The van der Waals surface area contributed by atoms with E-state index >= 15 is 0 Å². The minimum Gasteiger partial charge on any atom is -0.455 e. The number of benzene rings is 1. The van der Waals surface area contributed by atoms with Crippen molar-refractivity contribution < 1.29 is 19.1 Å². The molecule has 0 heterocycles. The molecule has 0 spiro atoms. The van der Waals surface area contributed by atoms with Crippen LogP contribution >= 0.6 is 0 Å². The van der Waals surface area contributed by atoms with Crippen LogP contribution in [0.15, 0.2) is 30.3 Å². The number of hydrogen-bond acceptors (Lipinski definition) is 4. The van der Waals surface area contributed by atoms with Gasteiger partial charge in [0.1, 0.15) is 12.2 Å². The van der Waals surface area contributed by atoms with Gasteiger partial charge in [-0.15, -0.1) is 0 Å². The lowest BCUT2D eigenvalue weighted by molar-refractivity contribution is -0.0497. The maximum absolute atomic E-state index is 12.2. The summed E-state index contributed by atoms with van der Waals surface area (Å²) in [7, 11) is 0. The van der Waals surface area contributed by atoms with Crippen LogP contribution < -0.4 is 0 Å². The molecular weight excluding hydrogens is 294 g/mol. The van der Waals surface area contributed by atoms with Crippen LogP contribution in [0.2, 0.25) is 0 Å². The van der Waals surface area contributed by atoms with Crippen molar-refractivity contribution in [3.05, 3.63) is 35.9 Å². The Hall–Kier alpha value is -2.04. The number of amides is 1. The molecule has 5 nitrogen and oxygen atoms in total. The Balaban J connectivity index is 1.98. The van der Waals surface area contributed by atoms with Crippen LogP contribution in [0.3, 0.4) is 0 Å². The summed E-state index contributed by atoms with van der Waals surface area (Å²) >= 11 is 0. The molecule has 1 aromatic carbocycles. The molecule has 0 aliphatic heterocycles. The number of carbonyl (C=O) groups is 2. The Morgan fingerprint density at radius 2 is 1.57 bits per heavy atom. The smallest absolute Gasteiger partial charge is 0.410 e. The summed E-state index contributed by atoms with van der Waals surface area (Å²) in [5, 5.41) is 0. The van der Waals surface area contributed by atoms with E-state index in [1.807, 2.05) is 19.9 Å². The Morgan fingerprint density at radius 3 is 2.13 bits per heavy atom. The molecule has 0 aromatic heterocycles. The summed E-state index contributed by atoms with van der Waals surface area (Å²) in [5.74, 6) is -0.360. The average molecular weight is 319 g/mol. The van der Waals surface area contributed by atoms with Gasteiger partial charge in [-0.2, -0.15) is 0 Å². The van der Waals surface area contributed by atoms with Crippen LogP contribution in [0, 0.1) is 0 Å². The molecule has 2 atom stereocenters. The summed E-state index contributed by atoms with van der Waals surface area (Å²) in [6.07, 6.45) is 2.37. The average Bonchev–Trinajstić information content (AvgIpc) is 2.58. The molecule has 1 amide bonds. The van der Waals surface area contributed by atoms with Crippen molar-refractivity contribution in [2.45, 2.75) is 51.7 Å². The molecule has 1 aliphatic rings.